The zero-order chi connectivity index (χ0) is 23.0. The maximum atomic E-state index is 12.8. The first-order valence-electron chi connectivity index (χ1n) is 10.4. The molecule has 0 N–H and O–H groups in total. The Morgan fingerprint density at radius 3 is 2.50 bits per heavy atom. The Morgan fingerprint density at radius 1 is 1.19 bits per heavy atom. The second-order valence-corrected chi connectivity index (χ2v) is 9.47. The molecule has 1 unspecified atom stereocenters. The molecule has 1 saturated heterocycles. The number of hydrogen-bond acceptors (Lipinski definition) is 5. The monoisotopic (exact) mass is 474 g/mol. The van der Waals surface area contributed by atoms with Crippen LogP contribution in [0.4, 0.5) is 4.79 Å². The highest BCUT2D eigenvalue weighted by Crippen LogP contribution is 2.38. The van der Waals surface area contributed by atoms with Crippen LogP contribution in [0.2, 0.25) is 10.0 Å². The maximum absolute atomic E-state index is 12.8. The number of benzene rings is 2. The Kier molecular flexibility index (Phi) is 6.19. The van der Waals surface area contributed by atoms with Crippen molar-refractivity contribution >= 4 is 40.8 Å². The van der Waals surface area contributed by atoms with Gasteiger partial charge in [-0.2, -0.15) is 0 Å². The van der Waals surface area contributed by atoms with Crippen LogP contribution >= 0.6 is 23.2 Å². The Hall–Kier alpha value is -2.57. The fourth-order valence-corrected chi connectivity index (χ4v) is 4.74. The minimum atomic E-state index is -0.665. The van der Waals surface area contributed by atoms with E-state index >= 15 is 0 Å². The molecule has 2 aromatic carbocycles. The molecule has 0 radical (unpaired) electrons. The average molecular weight is 475 g/mol. The van der Waals surface area contributed by atoms with Gasteiger partial charge in [-0.25, -0.2) is 4.79 Å². The van der Waals surface area contributed by atoms with Crippen LogP contribution in [0.25, 0.3) is 0 Å². The van der Waals surface area contributed by atoms with Crippen LogP contribution in [0, 0.1) is 12.8 Å². The largest absolute Gasteiger partial charge is 0.453 e. The van der Waals surface area contributed by atoms with Gasteiger partial charge in [0, 0.05) is 53.0 Å². The smallest absolute Gasteiger partial charge is 0.409 e. The normalized spacial score (nSPS) is 20.4. The van der Waals surface area contributed by atoms with E-state index < -0.39 is 5.60 Å². The third-order valence-corrected chi connectivity index (χ3v) is 6.50. The fourth-order valence-electron chi connectivity index (χ4n) is 4.21. The number of ether oxygens (including phenoxy) is 1. The Labute approximate surface area is 197 Å². The number of rotatable bonds is 5. The summed E-state index contributed by atoms with van der Waals surface area (Å²) in [5.74, 6) is 0.241. The van der Waals surface area contributed by atoms with Crippen molar-refractivity contribution < 1.29 is 19.2 Å². The number of ketones is 1. The second-order valence-electron chi connectivity index (χ2n) is 8.59. The summed E-state index contributed by atoms with van der Waals surface area (Å²) in [4.78, 5) is 31.6. The van der Waals surface area contributed by atoms with Crippen LogP contribution < -0.4 is 0 Å². The van der Waals surface area contributed by atoms with Gasteiger partial charge in [-0.1, -0.05) is 40.5 Å². The predicted octanol–water partition coefficient (Wildman–Crippen LogP) is 5.61. The highest BCUT2D eigenvalue weighted by molar-refractivity contribution is 6.34. The van der Waals surface area contributed by atoms with Crippen molar-refractivity contribution in [3.05, 3.63) is 68.7 Å². The SMILES string of the molecule is COC(=O)N1CC(CC(=O)c2ccc(C3=NOC(C)(c4cc(Cl)cc(Cl)c4)C3)cc2C)C1. The summed E-state index contributed by atoms with van der Waals surface area (Å²) in [6.45, 7) is 4.97. The van der Waals surface area contributed by atoms with Crippen molar-refractivity contribution in [2.45, 2.75) is 32.3 Å². The molecule has 2 aliphatic rings. The lowest BCUT2D eigenvalue weighted by molar-refractivity contribution is -0.00737. The number of halogens is 2. The molecule has 0 aromatic heterocycles. The quantitative estimate of drug-likeness (QED) is 0.527. The molecule has 0 aliphatic carbocycles. The van der Waals surface area contributed by atoms with Gasteiger partial charge in [0.25, 0.3) is 0 Å². The molecule has 0 saturated carbocycles. The molecule has 1 atom stereocenters. The molecule has 2 aromatic rings. The number of carbonyl (C=O) groups is 2. The summed E-state index contributed by atoms with van der Waals surface area (Å²) in [5, 5.41) is 5.40. The summed E-state index contributed by atoms with van der Waals surface area (Å²) >= 11 is 12.3. The summed E-state index contributed by atoms with van der Waals surface area (Å²) in [7, 11) is 1.36. The molecule has 6 nitrogen and oxygen atoms in total. The molecule has 1 amide bonds. The van der Waals surface area contributed by atoms with E-state index in [4.69, 9.17) is 32.8 Å². The van der Waals surface area contributed by atoms with Gasteiger partial charge in [0.1, 0.15) is 0 Å². The first-order valence-corrected chi connectivity index (χ1v) is 11.1. The third kappa shape index (κ3) is 4.48. The van der Waals surface area contributed by atoms with Crippen LogP contribution in [0.1, 0.15) is 46.8 Å². The lowest BCUT2D eigenvalue weighted by Gasteiger charge is -2.37. The van der Waals surface area contributed by atoms with Gasteiger partial charge in [-0.15, -0.1) is 0 Å². The number of likely N-dealkylation sites (tertiary alicyclic amines) is 1. The minimum absolute atomic E-state index is 0.0755. The zero-order valence-corrected chi connectivity index (χ0v) is 19.7. The molecule has 1 fully saturated rings. The van der Waals surface area contributed by atoms with Crippen molar-refractivity contribution in [1.29, 1.82) is 0 Å². The van der Waals surface area contributed by atoms with Crippen LogP contribution in [-0.2, 0) is 15.2 Å². The molecule has 0 bridgehead atoms. The molecule has 32 heavy (non-hydrogen) atoms. The van der Waals surface area contributed by atoms with E-state index in [1.165, 1.54) is 7.11 Å². The predicted molar refractivity (Wildman–Crippen MR) is 124 cm³/mol. The maximum Gasteiger partial charge on any atom is 0.409 e. The van der Waals surface area contributed by atoms with Crippen LogP contribution in [0.3, 0.4) is 0 Å². The Morgan fingerprint density at radius 2 is 1.88 bits per heavy atom. The summed E-state index contributed by atoms with van der Waals surface area (Å²) in [5.41, 5.74) is 3.49. The number of methoxy groups -OCH3 is 1. The zero-order valence-electron chi connectivity index (χ0n) is 18.2. The van der Waals surface area contributed by atoms with Gasteiger partial charge < -0.3 is 14.5 Å². The third-order valence-electron chi connectivity index (χ3n) is 6.06. The van der Waals surface area contributed by atoms with Gasteiger partial charge >= 0.3 is 6.09 Å². The van der Waals surface area contributed by atoms with E-state index in [1.54, 1.807) is 11.0 Å². The number of carbonyl (C=O) groups excluding carboxylic acids is 2. The second kappa shape index (κ2) is 8.75. The molecule has 8 heteroatoms. The van der Waals surface area contributed by atoms with Crippen molar-refractivity contribution in [3.63, 3.8) is 0 Å². The van der Waals surface area contributed by atoms with Crippen molar-refractivity contribution in [2.75, 3.05) is 20.2 Å². The summed E-state index contributed by atoms with van der Waals surface area (Å²) < 4.78 is 4.70. The van der Waals surface area contributed by atoms with Gasteiger partial charge in [0.05, 0.1) is 12.8 Å². The van der Waals surface area contributed by atoms with E-state index in [-0.39, 0.29) is 17.8 Å². The Bertz CT molecular complexity index is 1090. The van der Waals surface area contributed by atoms with Crippen LogP contribution in [0.15, 0.2) is 41.6 Å². The van der Waals surface area contributed by atoms with Crippen molar-refractivity contribution in [3.8, 4) is 0 Å². The molecule has 168 valence electrons. The molecule has 2 aliphatic heterocycles. The lowest BCUT2D eigenvalue weighted by Crippen LogP contribution is -2.50. The number of nitrogens with zero attached hydrogens (tertiary/aromatic N) is 2. The lowest BCUT2D eigenvalue weighted by atomic mass is 9.87. The Balaban J connectivity index is 1.42. The van der Waals surface area contributed by atoms with E-state index in [9.17, 15) is 9.59 Å². The minimum Gasteiger partial charge on any atom is -0.453 e. The summed E-state index contributed by atoms with van der Waals surface area (Å²) in [6.07, 6.45) is 0.619. The number of oxime groups is 1. The van der Waals surface area contributed by atoms with E-state index in [0.717, 1.165) is 22.4 Å². The van der Waals surface area contributed by atoms with Crippen LogP contribution in [0.5, 0.6) is 0 Å². The van der Waals surface area contributed by atoms with Gasteiger partial charge in [0.2, 0.25) is 0 Å². The molecule has 2 heterocycles. The van der Waals surface area contributed by atoms with Gasteiger partial charge in [0.15, 0.2) is 11.4 Å². The average Bonchev–Trinajstić information content (AvgIpc) is 3.12. The standard InChI is InChI=1S/C24H24Cl2N2O4/c1-14-6-16(4-5-20(14)22(29)7-15-12-28(13-15)23(30)31-3)21-11-24(2,32-27-21)17-8-18(25)10-19(26)9-17/h4-6,8-10,15H,7,11-13H2,1-3H3. The molecular weight excluding hydrogens is 451 g/mol. The van der Waals surface area contributed by atoms with Gasteiger partial charge in [-0.05, 0) is 49.2 Å². The first-order chi connectivity index (χ1) is 15.2. The fraction of sp³-hybridized carbons (Fsp3) is 0.375. The van der Waals surface area contributed by atoms with Crippen LogP contribution in [-0.4, -0.2) is 42.7 Å². The highest BCUT2D eigenvalue weighted by Gasteiger charge is 2.37. The van der Waals surface area contributed by atoms with E-state index in [2.05, 4.69) is 5.16 Å². The number of Topliss-reactive ketones (excluding diaryl/α,β-unsaturated/α-hetero) is 1. The van der Waals surface area contributed by atoms with Crippen molar-refractivity contribution in [2.24, 2.45) is 11.1 Å². The molecule has 0 spiro atoms. The number of aryl methyl sites for hydroxylation is 1. The topological polar surface area (TPSA) is 68.2 Å². The van der Waals surface area contributed by atoms with Crippen molar-refractivity contribution in [1.82, 2.24) is 4.90 Å². The highest BCUT2D eigenvalue weighted by atomic mass is 35.5. The summed E-state index contributed by atoms with van der Waals surface area (Å²) in [6, 6.07) is 11.1. The number of hydrogen-bond donors (Lipinski definition) is 0. The van der Waals surface area contributed by atoms with E-state index in [1.807, 2.05) is 44.2 Å². The number of amides is 1. The molecule has 4 rings (SSSR count). The van der Waals surface area contributed by atoms with E-state index in [0.29, 0.717) is 41.5 Å². The van der Waals surface area contributed by atoms with Gasteiger partial charge in [-0.3, -0.25) is 4.79 Å². The molecular formula is C24H24Cl2N2O4. The first kappa shape index (κ1) is 22.6.